The highest BCUT2D eigenvalue weighted by molar-refractivity contribution is 7.07. The number of rotatable bonds is 4. The van der Waals surface area contributed by atoms with Gasteiger partial charge in [0.05, 0.1) is 5.52 Å². The molecule has 0 aliphatic heterocycles. The number of benzene rings is 1. The van der Waals surface area contributed by atoms with Crippen LogP contribution in [0, 0.1) is 0 Å². The average molecular weight is 255 g/mol. The molecule has 2 heterocycles. The Labute approximate surface area is 109 Å². The van der Waals surface area contributed by atoms with E-state index >= 15 is 0 Å². The predicted octanol–water partition coefficient (Wildman–Crippen LogP) is 3.76. The van der Waals surface area contributed by atoms with Gasteiger partial charge in [-0.3, -0.25) is 4.79 Å². The summed E-state index contributed by atoms with van der Waals surface area (Å²) < 4.78 is 2.16. The van der Waals surface area contributed by atoms with Crippen molar-refractivity contribution in [1.82, 2.24) is 4.57 Å². The molecule has 1 aromatic carbocycles. The lowest BCUT2D eigenvalue weighted by molar-refractivity contribution is 0.112. The fourth-order valence-electron chi connectivity index (χ4n) is 2.26. The second-order valence-corrected chi connectivity index (χ2v) is 5.07. The van der Waals surface area contributed by atoms with Crippen LogP contribution in [0.4, 0.5) is 0 Å². The van der Waals surface area contributed by atoms with E-state index in [0.717, 1.165) is 35.7 Å². The zero-order valence-electron chi connectivity index (χ0n) is 9.87. The van der Waals surface area contributed by atoms with Crippen LogP contribution in [0.15, 0.2) is 47.3 Å². The largest absolute Gasteiger partial charge is 0.347 e. The summed E-state index contributed by atoms with van der Waals surface area (Å²) in [6, 6.07) is 10.1. The van der Waals surface area contributed by atoms with Crippen LogP contribution < -0.4 is 0 Å². The first-order valence-electron chi connectivity index (χ1n) is 5.92. The average Bonchev–Trinajstić information content (AvgIpc) is 3.05. The molecule has 0 aliphatic rings. The minimum Gasteiger partial charge on any atom is -0.347 e. The molecule has 18 heavy (non-hydrogen) atoms. The summed E-state index contributed by atoms with van der Waals surface area (Å²) in [6.45, 7) is 0.908. The van der Waals surface area contributed by atoms with E-state index in [1.165, 1.54) is 5.56 Å². The zero-order chi connectivity index (χ0) is 12.4. The molecule has 0 unspecified atom stereocenters. The molecular weight excluding hydrogens is 242 g/mol. The van der Waals surface area contributed by atoms with Crippen LogP contribution in [-0.2, 0) is 13.0 Å². The van der Waals surface area contributed by atoms with Gasteiger partial charge in [-0.2, -0.15) is 11.3 Å². The molecule has 0 spiro atoms. The first-order chi connectivity index (χ1) is 8.88. The van der Waals surface area contributed by atoms with Gasteiger partial charge in [-0.25, -0.2) is 0 Å². The summed E-state index contributed by atoms with van der Waals surface area (Å²) in [4.78, 5) is 11.1. The monoisotopic (exact) mass is 255 g/mol. The molecule has 3 rings (SSSR count). The van der Waals surface area contributed by atoms with Crippen molar-refractivity contribution in [2.45, 2.75) is 13.0 Å². The Bertz CT molecular complexity index is 667. The molecule has 0 aliphatic carbocycles. The number of hydrogen-bond acceptors (Lipinski definition) is 2. The van der Waals surface area contributed by atoms with Gasteiger partial charge >= 0.3 is 0 Å². The Hall–Kier alpha value is -1.87. The number of thiophene rings is 1. The summed E-state index contributed by atoms with van der Waals surface area (Å²) in [5.41, 5.74) is 3.16. The molecule has 3 heteroatoms. The molecule has 0 bridgehead atoms. The van der Waals surface area contributed by atoms with E-state index in [1.54, 1.807) is 11.3 Å². The van der Waals surface area contributed by atoms with Crippen molar-refractivity contribution in [3.63, 3.8) is 0 Å². The smallest absolute Gasteiger partial charge is 0.152 e. The van der Waals surface area contributed by atoms with Crippen molar-refractivity contribution in [2.24, 2.45) is 0 Å². The first kappa shape index (κ1) is 11.2. The summed E-state index contributed by atoms with van der Waals surface area (Å²) in [6.07, 6.45) is 3.99. The fraction of sp³-hybridized carbons (Fsp3) is 0.133. The van der Waals surface area contributed by atoms with Gasteiger partial charge in [0.15, 0.2) is 6.29 Å². The lowest BCUT2D eigenvalue weighted by Gasteiger charge is -2.06. The summed E-state index contributed by atoms with van der Waals surface area (Å²) in [7, 11) is 0. The Kier molecular flexibility index (Phi) is 2.99. The van der Waals surface area contributed by atoms with Gasteiger partial charge in [-0.15, -0.1) is 0 Å². The molecule has 0 atom stereocenters. The fourth-order valence-corrected chi connectivity index (χ4v) is 2.96. The Morgan fingerprint density at radius 2 is 2.17 bits per heavy atom. The van der Waals surface area contributed by atoms with Crippen LogP contribution >= 0.6 is 11.3 Å². The molecule has 0 fully saturated rings. The van der Waals surface area contributed by atoms with Crippen molar-refractivity contribution in [3.8, 4) is 0 Å². The maximum Gasteiger partial charge on any atom is 0.152 e. The normalized spacial score (nSPS) is 10.9. The van der Waals surface area contributed by atoms with Crippen LogP contribution in [0.25, 0.3) is 10.9 Å². The predicted molar refractivity (Wildman–Crippen MR) is 75.3 cm³/mol. The number of aryl methyl sites for hydroxylation is 2. The second kappa shape index (κ2) is 4.78. The van der Waals surface area contributed by atoms with Crippen LogP contribution in [-0.4, -0.2) is 10.9 Å². The molecule has 90 valence electrons. The quantitative estimate of drug-likeness (QED) is 0.651. The summed E-state index contributed by atoms with van der Waals surface area (Å²) in [5, 5.41) is 5.40. The molecule has 0 amide bonds. The molecule has 0 N–H and O–H groups in total. The lowest BCUT2D eigenvalue weighted by atomic mass is 10.1. The highest BCUT2D eigenvalue weighted by Gasteiger charge is 2.05. The second-order valence-electron chi connectivity index (χ2n) is 4.29. The minimum atomic E-state index is 0.766. The molecule has 0 saturated heterocycles. The molecule has 0 saturated carbocycles. The van der Waals surface area contributed by atoms with E-state index in [2.05, 4.69) is 33.7 Å². The molecular formula is C15H13NOS. The maximum absolute atomic E-state index is 11.1. The van der Waals surface area contributed by atoms with Crippen molar-refractivity contribution >= 4 is 28.5 Å². The first-order valence-corrected chi connectivity index (χ1v) is 6.87. The highest BCUT2D eigenvalue weighted by atomic mass is 32.1. The van der Waals surface area contributed by atoms with Crippen molar-refractivity contribution in [1.29, 1.82) is 0 Å². The maximum atomic E-state index is 11.1. The van der Waals surface area contributed by atoms with Crippen LogP contribution in [0.3, 0.4) is 0 Å². The van der Waals surface area contributed by atoms with Gasteiger partial charge in [-0.05, 0) is 40.9 Å². The van der Waals surface area contributed by atoms with E-state index in [4.69, 9.17) is 0 Å². The SMILES string of the molecule is O=Cc1cccc2ccn(CCc3ccsc3)c12. The molecule has 0 radical (unpaired) electrons. The number of para-hydroxylation sites is 1. The Morgan fingerprint density at radius 3 is 2.94 bits per heavy atom. The minimum absolute atomic E-state index is 0.766. The van der Waals surface area contributed by atoms with Crippen LogP contribution in [0.2, 0.25) is 0 Å². The van der Waals surface area contributed by atoms with Crippen molar-refractivity contribution in [2.75, 3.05) is 0 Å². The summed E-state index contributed by atoms with van der Waals surface area (Å²) >= 11 is 1.72. The number of carbonyl (C=O) groups excluding carboxylic acids is 1. The highest BCUT2D eigenvalue weighted by Crippen LogP contribution is 2.20. The van der Waals surface area contributed by atoms with Crippen molar-refractivity contribution in [3.05, 3.63) is 58.4 Å². The number of hydrogen-bond donors (Lipinski definition) is 0. The number of aromatic nitrogens is 1. The van der Waals surface area contributed by atoms with Gasteiger partial charge < -0.3 is 4.57 Å². The third-order valence-corrected chi connectivity index (χ3v) is 3.90. The Morgan fingerprint density at radius 1 is 1.22 bits per heavy atom. The lowest BCUT2D eigenvalue weighted by Crippen LogP contribution is -2.00. The number of aldehydes is 1. The van der Waals surface area contributed by atoms with E-state index in [-0.39, 0.29) is 0 Å². The number of nitrogens with zero attached hydrogens (tertiary/aromatic N) is 1. The van der Waals surface area contributed by atoms with E-state index in [9.17, 15) is 4.79 Å². The van der Waals surface area contributed by atoms with Crippen LogP contribution in [0.1, 0.15) is 15.9 Å². The molecule has 3 aromatic rings. The van der Waals surface area contributed by atoms with Gasteiger partial charge in [0.2, 0.25) is 0 Å². The van der Waals surface area contributed by atoms with E-state index in [0.29, 0.717) is 0 Å². The number of carbonyl (C=O) groups is 1. The van der Waals surface area contributed by atoms with E-state index in [1.807, 2.05) is 18.2 Å². The molecule has 2 aromatic heterocycles. The molecule has 2 nitrogen and oxygen atoms in total. The third-order valence-electron chi connectivity index (χ3n) is 3.17. The van der Waals surface area contributed by atoms with E-state index < -0.39 is 0 Å². The van der Waals surface area contributed by atoms with Gasteiger partial charge in [0.25, 0.3) is 0 Å². The summed E-state index contributed by atoms with van der Waals surface area (Å²) in [5.74, 6) is 0. The topological polar surface area (TPSA) is 22.0 Å². The van der Waals surface area contributed by atoms with Crippen molar-refractivity contribution < 1.29 is 4.79 Å². The Balaban J connectivity index is 1.94. The van der Waals surface area contributed by atoms with Gasteiger partial charge in [-0.1, -0.05) is 12.1 Å². The third kappa shape index (κ3) is 1.97. The van der Waals surface area contributed by atoms with Crippen LogP contribution in [0.5, 0.6) is 0 Å². The van der Waals surface area contributed by atoms with Gasteiger partial charge in [0.1, 0.15) is 0 Å². The zero-order valence-corrected chi connectivity index (χ0v) is 10.7. The standard InChI is InChI=1S/C15H13NOS/c17-10-14-3-1-2-13-5-8-16(15(13)14)7-4-12-6-9-18-11-12/h1-3,5-6,8-11H,4,7H2. The van der Waals surface area contributed by atoms with Gasteiger partial charge in [0, 0.05) is 23.7 Å². The number of fused-ring (bicyclic) bond motifs is 1.